The third-order valence-electron chi connectivity index (χ3n) is 4.22. The maximum atomic E-state index is 12.2. The summed E-state index contributed by atoms with van der Waals surface area (Å²) in [6, 6.07) is 9.31. The summed E-state index contributed by atoms with van der Waals surface area (Å²) >= 11 is 3.25. The number of benzene rings is 1. The van der Waals surface area contributed by atoms with Crippen molar-refractivity contribution < 1.29 is 18.7 Å². The number of hydrogen-bond acceptors (Lipinski definition) is 4. The van der Waals surface area contributed by atoms with Gasteiger partial charge in [0.1, 0.15) is 11.5 Å². The Labute approximate surface area is 160 Å². The molecular weight excluding hydrogens is 400 g/mol. The molecule has 2 heterocycles. The molecule has 6 nitrogen and oxygen atoms in total. The molecule has 138 valence electrons. The number of carbonyl (C=O) groups excluding carboxylic acids is 2. The first-order valence-electron chi connectivity index (χ1n) is 8.55. The molecule has 26 heavy (non-hydrogen) atoms. The zero-order valence-electron chi connectivity index (χ0n) is 14.6. The third kappa shape index (κ3) is 4.88. The van der Waals surface area contributed by atoms with Crippen molar-refractivity contribution in [2.75, 3.05) is 19.0 Å². The second kappa shape index (κ2) is 8.40. The van der Waals surface area contributed by atoms with E-state index in [1.54, 1.807) is 11.9 Å². The molecule has 0 radical (unpaired) electrons. The van der Waals surface area contributed by atoms with Crippen molar-refractivity contribution in [3.05, 3.63) is 46.3 Å². The topological polar surface area (TPSA) is 71.8 Å². The summed E-state index contributed by atoms with van der Waals surface area (Å²) in [5.74, 6) is 1.61. The minimum atomic E-state index is 0.0503. The minimum Gasteiger partial charge on any atom is -0.494 e. The monoisotopic (exact) mass is 420 g/mol. The Balaban J connectivity index is 1.41. The quantitative estimate of drug-likeness (QED) is 0.692. The molecule has 0 fully saturated rings. The Hall–Kier alpha value is -2.28. The van der Waals surface area contributed by atoms with Gasteiger partial charge in [0, 0.05) is 25.6 Å². The Bertz CT molecular complexity index is 803. The first-order valence-corrected chi connectivity index (χ1v) is 9.34. The summed E-state index contributed by atoms with van der Waals surface area (Å²) in [4.78, 5) is 25.2. The standard InChI is InChI=1S/C19H21BrN2O4/c1-22(12-15-6-8-17(20)26-15)19(24)3-2-10-25-14-5-7-16-13(11-14)4-9-18(23)21-16/h5-8,11H,2-4,9-10,12H2,1H3,(H,21,23). The number of hydrogen-bond donors (Lipinski definition) is 1. The highest BCUT2D eigenvalue weighted by atomic mass is 79.9. The predicted molar refractivity (Wildman–Crippen MR) is 101 cm³/mol. The highest BCUT2D eigenvalue weighted by molar-refractivity contribution is 9.10. The fraction of sp³-hybridized carbons (Fsp3) is 0.368. The van der Waals surface area contributed by atoms with Gasteiger partial charge in [-0.3, -0.25) is 9.59 Å². The molecule has 1 aliphatic rings. The van der Waals surface area contributed by atoms with Gasteiger partial charge in [-0.15, -0.1) is 0 Å². The zero-order valence-corrected chi connectivity index (χ0v) is 16.2. The number of amides is 2. The molecule has 1 N–H and O–H groups in total. The average Bonchev–Trinajstić information content (AvgIpc) is 3.03. The predicted octanol–water partition coefficient (Wildman–Crippen LogP) is 3.74. The maximum absolute atomic E-state index is 12.2. The molecule has 0 saturated heterocycles. The Morgan fingerprint density at radius 3 is 2.92 bits per heavy atom. The third-order valence-corrected chi connectivity index (χ3v) is 4.65. The van der Waals surface area contributed by atoms with Crippen molar-refractivity contribution in [2.45, 2.75) is 32.2 Å². The van der Waals surface area contributed by atoms with E-state index in [-0.39, 0.29) is 11.8 Å². The van der Waals surface area contributed by atoms with E-state index in [0.29, 0.717) is 37.1 Å². The molecule has 0 saturated carbocycles. The van der Waals surface area contributed by atoms with Crippen LogP contribution in [0, 0.1) is 0 Å². The van der Waals surface area contributed by atoms with Gasteiger partial charge in [0.2, 0.25) is 11.8 Å². The highest BCUT2D eigenvalue weighted by Crippen LogP contribution is 2.26. The number of nitrogens with zero attached hydrogens (tertiary/aromatic N) is 1. The van der Waals surface area contributed by atoms with Crippen LogP contribution in [0.25, 0.3) is 0 Å². The molecule has 1 aliphatic heterocycles. The molecule has 0 atom stereocenters. The molecule has 1 aromatic carbocycles. The Kier molecular flexibility index (Phi) is 5.98. The summed E-state index contributed by atoms with van der Waals surface area (Å²) in [7, 11) is 1.76. The molecule has 1 aromatic heterocycles. The lowest BCUT2D eigenvalue weighted by Gasteiger charge is -2.18. The van der Waals surface area contributed by atoms with Crippen LogP contribution in [0.3, 0.4) is 0 Å². The number of halogens is 1. The number of anilines is 1. The molecule has 2 amide bonds. The molecule has 0 spiro atoms. The largest absolute Gasteiger partial charge is 0.494 e. The Morgan fingerprint density at radius 2 is 2.15 bits per heavy atom. The van der Waals surface area contributed by atoms with Gasteiger partial charge >= 0.3 is 0 Å². The fourth-order valence-electron chi connectivity index (χ4n) is 2.81. The van der Waals surface area contributed by atoms with Crippen LogP contribution < -0.4 is 10.1 Å². The zero-order chi connectivity index (χ0) is 18.5. The van der Waals surface area contributed by atoms with E-state index >= 15 is 0 Å². The highest BCUT2D eigenvalue weighted by Gasteiger charge is 2.15. The molecule has 2 aromatic rings. The number of carbonyl (C=O) groups is 2. The summed E-state index contributed by atoms with van der Waals surface area (Å²) in [5, 5.41) is 2.85. The van der Waals surface area contributed by atoms with Crippen LogP contribution in [0.2, 0.25) is 0 Å². The van der Waals surface area contributed by atoms with Gasteiger partial charge in [0.25, 0.3) is 0 Å². The molecule has 0 bridgehead atoms. The van der Waals surface area contributed by atoms with Crippen molar-refractivity contribution in [2.24, 2.45) is 0 Å². The van der Waals surface area contributed by atoms with Crippen molar-refractivity contribution in [1.29, 1.82) is 0 Å². The summed E-state index contributed by atoms with van der Waals surface area (Å²) in [6.07, 6.45) is 2.28. The molecular formula is C19H21BrN2O4. The van der Waals surface area contributed by atoms with E-state index in [0.717, 1.165) is 29.2 Å². The van der Waals surface area contributed by atoms with E-state index in [9.17, 15) is 9.59 Å². The molecule has 0 unspecified atom stereocenters. The van der Waals surface area contributed by atoms with E-state index in [2.05, 4.69) is 21.2 Å². The molecule has 7 heteroatoms. The van der Waals surface area contributed by atoms with Crippen LogP contribution in [-0.2, 0) is 22.6 Å². The SMILES string of the molecule is CN(Cc1ccc(Br)o1)C(=O)CCCOc1ccc2c(c1)CCC(=O)N2. The van der Waals surface area contributed by atoms with Crippen LogP contribution in [0.5, 0.6) is 5.75 Å². The van der Waals surface area contributed by atoms with Crippen LogP contribution >= 0.6 is 15.9 Å². The van der Waals surface area contributed by atoms with Gasteiger partial charge in [0.05, 0.1) is 13.2 Å². The van der Waals surface area contributed by atoms with Crippen molar-refractivity contribution in [3.63, 3.8) is 0 Å². The second-order valence-electron chi connectivity index (χ2n) is 6.27. The summed E-state index contributed by atoms with van der Waals surface area (Å²) in [6.45, 7) is 0.916. The maximum Gasteiger partial charge on any atom is 0.224 e. The normalized spacial score (nSPS) is 13.1. The number of aryl methyl sites for hydroxylation is 1. The van der Waals surface area contributed by atoms with Gasteiger partial charge in [-0.1, -0.05) is 0 Å². The van der Waals surface area contributed by atoms with Gasteiger partial charge in [0.15, 0.2) is 4.67 Å². The van der Waals surface area contributed by atoms with Gasteiger partial charge < -0.3 is 19.4 Å². The van der Waals surface area contributed by atoms with Crippen molar-refractivity contribution >= 4 is 33.4 Å². The number of fused-ring (bicyclic) bond motifs is 1. The first kappa shape index (κ1) is 18.5. The van der Waals surface area contributed by atoms with Crippen molar-refractivity contribution in [3.8, 4) is 5.75 Å². The lowest BCUT2D eigenvalue weighted by molar-refractivity contribution is -0.130. The van der Waals surface area contributed by atoms with Crippen molar-refractivity contribution in [1.82, 2.24) is 4.90 Å². The van der Waals surface area contributed by atoms with Gasteiger partial charge in [-0.05, 0) is 64.7 Å². The van der Waals surface area contributed by atoms with Crippen LogP contribution in [-0.4, -0.2) is 30.4 Å². The van der Waals surface area contributed by atoms with E-state index in [1.165, 1.54) is 0 Å². The lowest BCUT2D eigenvalue weighted by atomic mass is 10.0. The molecule has 0 aliphatic carbocycles. The summed E-state index contributed by atoms with van der Waals surface area (Å²) in [5.41, 5.74) is 1.94. The molecule has 3 rings (SSSR count). The van der Waals surface area contributed by atoms with Gasteiger partial charge in [-0.25, -0.2) is 0 Å². The number of furan rings is 1. The second-order valence-corrected chi connectivity index (χ2v) is 7.06. The fourth-order valence-corrected chi connectivity index (χ4v) is 3.15. The number of rotatable bonds is 7. The van der Waals surface area contributed by atoms with E-state index < -0.39 is 0 Å². The smallest absolute Gasteiger partial charge is 0.224 e. The van der Waals surface area contributed by atoms with Crippen LogP contribution in [0.15, 0.2) is 39.4 Å². The van der Waals surface area contributed by atoms with Crippen LogP contribution in [0.4, 0.5) is 5.69 Å². The summed E-state index contributed by atoms with van der Waals surface area (Å²) < 4.78 is 11.8. The minimum absolute atomic E-state index is 0.0503. The number of nitrogens with one attached hydrogen (secondary N) is 1. The lowest BCUT2D eigenvalue weighted by Crippen LogP contribution is -2.26. The first-order chi connectivity index (χ1) is 12.5. The Morgan fingerprint density at radius 1 is 1.31 bits per heavy atom. The average molecular weight is 421 g/mol. The van der Waals surface area contributed by atoms with E-state index in [1.807, 2.05) is 30.3 Å². The van der Waals surface area contributed by atoms with E-state index in [4.69, 9.17) is 9.15 Å². The van der Waals surface area contributed by atoms with Gasteiger partial charge in [-0.2, -0.15) is 0 Å². The van der Waals surface area contributed by atoms with Crippen LogP contribution in [0.1, 0.15) is 30.6 Å². The number of ether oxygens (including phenoxy) is 1.